The molecule has 0 amide bonds. The van der Waals surface area contributed by atoms with Crippen LogP contribution in [0, 0.1) is 15.5 Å². The maximum absolute atomic E-state index is 12.4. The van der Waals surface area contributed by atoms with Gasteiger partial charge in [0, 0.05) is 17.1 Å². The van der Waals surface area contributed by atoms with Crippen LogP contribution < -0.4 is 0 Å². The van der Waals surface area contributed by atoms with E-state index in [-0.39, 0.29) is 11.2 Å². The Morgan fingerprint density at radius 3 is 2.21 bits per heavy atom. The molecule has 0 bridgehead atoms. The number of hydrogen-bond donors (Lipinski definition) is 0. The Bertz CT molecular complexity index is 485. The number of rotatable bonds is 6. The molecule has 0 spiro atoms. The fraction of sp³-hybridized carbons (Fsp3) is 0.400. The van der Waals surface area contributed by atoms with Crippen LogP contribution in [0.3, 0.4) is 0 Å². The molecular formula is C15H19NO3. The summed E-state index contributed by atoms with van der Waals surface area (Å²) in [6.45, 7) is 5.99. The number of nitro groups is 1. The molecular weight excluding hydrogens is 242 g/mol. The molecule has 0 aliphatic heterocycles. The van der Waals surface area contributed by atoms with E-state index in [1.54, 1.807) is 24.3 Å². The Morgan fingerprint density at radius 2 is 1.79 bits per heavy atom. The zero-order chi connectivity index (χ0) is 14.5. The van der Waals surface area contributed by atoms with Crippen molar-refractivity contribution in [1.82, 2.24) is 0 Å². The first-order valence-corrected chi connectivity index (χ1v) is 6.39. The number of ketones is 1. The zero-order valence-electron chi connectivity index (χ0n) is 11.6. The van der Waals surface area contributed by atoms with Gasteiger partial charge in [-0.2, -0.15) is 0 Å². The SMILES string of the molecule is CCC(C)(CC)C(=O)c1ccc(/C=C\[N+](=O)[O-])cc1. The fourth-order valence-corrected chi connectivity index (χ4v) is 1.81. The van der Waals surface area contributed by atoms with E-state index < -0.39 is 4.92 Å². The zero-order valence-corrected chi connectivity index (χ0v) is 11.6. The minimum atomic E-state index is -0.510. The van der Waals surface area contributed by atoms with Gasteiger partial charge in [0.25, 0.3) is 0 Å². The van der Waals surface area contributed by atoms with Crippen molar-refractivity contribution in [3.05, 3.63) is 51.7 Å². The third kappa shape index (κ3) is 3.74. The number of nitrogens with zero attached hydrogens (tertiary/aromatic N) is 1. The molecule has 0 aromatic heterocycles. The smallest absolute Gasteiger partial charge is 0.235 e. The van der Waals surface area contributed by atoms with Crippen molar-refractivity contribution < 1.29 is 9.72 Å². The highest BCUT2D eigenvalue weighted by Crippen LogP contribution is 2.30. The number of carbonyl (C=O) groups excluding carboxylic acids is 1. The Balaban J connectivity index is 2.93. The van der Waals surface area contributed by atoms with Gasteiger partial charge in [-0.15, -0.1) is 0 Å². The van der Waals surface area contributed by atoms with Crippen LogP contribution in [0.2, 0.25) is 0 Å². The van der Waals surface area contributed by atoms with E-state index in [1.807, 2.05) is 20.8 Å². The quantitative estimate of drug-likeness (QED) is 0.442. The summed E-state index contributed by atoms with van der Waals surface area (Å²) >= 11 is 0. The molecule has 0 saturated carbocycles. The Morgan fingerprint density at radius 1 is 1.26 bits per heavy atom. The molecule has 4 nitrogen and oxygen atoms in total. The molecule has 19 heavy (non-hydrogen) atoms. The predicted molar refractivity (Wildman–Crippen MR) is 75.5 cm³/mol. The highest BCUT2D eigenvalue weighted by atomic mass is 16.6. The first-order chi connectivity index (χ1) is 8.92. The van der Waals surface area contributed by atoms with Gasteiger partial charge in [0.15, 0.2) is 5.78 Å². The van der Waals surface area contributed by atoms with E-state index in [1.165, 1.54) is 6.08 Å². The second-order valence-corrected chi connectivity index (χ2v) is 4.82. The van der Waals surface area contributed by atoms with Crippen LogP contribution in [0.15, 0.2) is 30.5 Å². The number of Topliss-reactive ketones (excluding diaryl/α,β-unsaturated/α-hetero) is 1. The maximum Gasteiger partial charge on any atom is 0.235 e. The molecule has 1 aromatic rings. The molecule has 0 heterocycles. The lowest BCUT2D eigenvalue weighted by atomic mass is 9.78. The van der Waals surface area contributed by atoms with E-state index >= 15 is 0 Å². The third-order valence-corrected chi connectivity index (χ3v) is 3.67. The summed E-state index contributed by atoms with van der Waals surface area (Å²) in [6.07, 6.45) is 3.89. The largest absolute Gasteiger partial charge is 0.294 e. The van der Waals surface area contributed by atoms with Crippen molar-refractivity contribution >= 4 is 11.9 Å². The Hall–Kier alpha value is -1.97. The van der Waals surface area contributed by atoms with Crippen LogP contribution in [-0.2, 0) is 0 Å². The van der Waals surface area contributed by atoms with Crippen LogP contribution in [0.1, 0.15) is 49.5 Å². The van der Waals surface area contributed by atoms with E-state index in [0.717, 1.165) is 19.0 Å². The van der Waals surface area contributed by atoms with Crippen LogP contribution in [0.5, 0.6) is 0 Å². The molecule has 0 aliphatic rings. The average molecular weight is 261 g/mol. The molecule has 0 fully saturated rings. The second-order valence-electron chi connectivity index (χ2n) is 4.82. The van der Waals surface area contributed by atoms with Gasteiger partial charge < -0.3 is 0 Å². The highest BCUT2D eigenvalue weighted by Gasteiger charge is 2.29. The lowest BCUT2D eigenvalue weighted by Gasteiger charge is -2.24. The van der Waals surface area contributed by atoms with Crippen LogP contribution in [-0.4, -0.2) is 10.7 Å². The molecule has 0 N–H and O–H groups in total. The summed E-state index contributed by atoms with van der Waals surface area (Å²) in [6, 6.07) is 6.90. The fourth-order valence-electron chi connectivity index (χ4n) is 1.81. The topological polar surface area (TPSA) is 60.2 Å². The number of carbonyl (C=O) groups is 1. The van der Waals surface area contributed by atoms with Gasteiger partial charge in [0.2, 0.25) is 6.20 Å². The van der Waals surface area contributed by atoms with Crippen molar-refractivity contribution in [3.8, 4) is 0 Å². The van der Waals surface area contributed by atoms with Gasteiger partial charge >= 0.3 is 0 Å². The number of hydrogen-bond acceptors (Lipinski definition) is 3. The van der Waals surface area contributed by atoms with E-state index in [2.05, 4.69) is 0 Å². The Labute approximate surface area is 113 Å². The first-order valence-electron chi connectivity index (χ1n) is 6.39. The molecule has 102 valence electrons. The standard InChI is InChI=1S/C15H19NO3/c1-4-15(3,5-2)14(17)13-8-6-12(7-9-13)10-11-16(18)19/h6-11H,4-5H2,1-3H3/b11-10-. The highest BCUT2D eigenvalue weighted by molar-refractivity contribution is 6.00. The predicted octanol–water partition coefficient (Wildman–Crippen LogP) is 3.94. The summed E-state index contributed by atoms with van der Waals surface area (Å²) in [5.74, 6) is 0.127. The van der Waals surface area contributed by atoms with Crippen molar-refractivity contribution in [1.29, 1.82) is 0 Å². The van der Waals surface area contributed by atoms with E-state index in [9.17, 15) is 14.9 Å². The maximum atomic E-state index is 12.4. The minimum absolute atomic E-state index is 0.127. The molecule has 1 rings (SSSR count). The van der Waals surface area contributed by atoms with Crippen LogP contribution in [0.25, 0.3) is 6.08 Å². The molecule has 0 aliphatic carbocycles. The molecule has 4 heteroatoms. The van der Waals surface area contributed by atoms with Crippen LogP contribution in [0.4, 0.5) is 0 Å². The number of benzene rings is 1. The van der Waals surface area contributed by atoms with E-state index in [4.69, 9.17) is 0 Å². The first kappa shape index (κ1) is 15.1. The lowest BCUT2D eigenvalue weighted by molar-refractivity contribution is -0.400. The van der Waals surface area contributed by atoms with Gasteiger partial charge in [0.1, 0.15) is 0 Å². The van der Waals surface area contributed by atoms with E-state index in [0.29, 0.717) is 11.1 Å². The monoisotopic (exact) mass is 261 g/mol. The van der Waals surface area contributed by atoms with Gasteiger partial charge in [-0.3, -0.25) is 14.9 Å². The average Bonchev–Trinajstić information content (AvgIpc) is 2.44. The third-order valence-electron chi connectivity index (χ3n) is 3.67. The Kier molecular flexibility index (Phi) is 4.98. The van der Waals surface area contributed by atoms with Crippen molar-refractivity contribution in [3.63, 3.8) is 0 Å². The summed E-state index contributed by atoms with van der Waals surface area (Å²) in [5.41, 5.74) is 1.03. The molecule has 0 atom stereocenters. The van der Waals surface area contributed by atoms with Gasteiger partial charge in [-0.05, 0) is 18.4 Å². The summed E-state index contributed by atoms with van der Waals surface area (Å²) in [7, 11) is 0. The summed E-state index contributed by atoms with van der Waals surface area (Å²) in [5, 5.41) is 10.2. The van der Waals surface area contributed by atoms with Crippen molar-refractivity contribution in [2.45, 2.75) is 33.6 Å². The van der Waals surface area contributed by atoms with Crippen LogP contribution >= 0.6 is 0 Å². The molecule has 1 aromatic carbocycles. The molecule has 0 radical (unpaired) electrons. The molecule has 0 saturated heterocycles. The molecule has 0 unspecified atom stereocenters. The van der Waals surface area contributed by atoms with Crippen molar-refractivity contribution in [2.75, 3.05) is 0 Å². The normalized spacial score (nSPS) is 11.7. The second kappa shape index (κ2) is 6.27. The van der Waals surface area contributed by atoms with Gasteiger partial charge in [-0.25, -0.2) is 0 Å². The van der Waals surface area contributed by atoms with Crippen molar-refractivity contribution in [2.24, 2.45) is 5.41 Å². The summed E-state index contributed by atoms with van der Waals surface area (Å²) < 4.78 is 0. The van der Waals surface area contributed by atoms with Gasteiger partial charge in [-0.1, -0.05) is 45.0 Å². The lowest BCUT2D eigenvalue weighted by Crippen LogP contribution is -2.26. The minimum Gasteiger partial charge on any atom is -0.294 e. The van der Waals surface area contributed by atoms with Gasteiger partial charge in [0.05, 0.1) is 4.92 Å². The summed E-state index contributed by atoms with van der Waals surface area (Å²) in [4.78, 5) is 22.1.